The largest absolute Gasteiger partial charge is 0.370 e. The lowest BCUT2D eigenvalue weighted by Gasteiger charge is -2.00. The molecule has 0 fully saturated rings. The number of nitrogens with zero attached hydrogens (tertiary/aromatic N) is 3. The van der Waals surface area contributed by atoms with E-state index >= 15 is 0 Å². The van der Waals surface area contributed by atoms with Gasteiger partial charge < -0.3 is 5.73 Å². The molecule has 7 nitrogen and oxygen atoms in total. The van der Waals surface area contributed by atoms with Crippen LogP contribution in [0.4, 0.5) is 5.69 Å². The quantitative estimate of drug-likeness (QED) is 0.624. The number of aryl methyl sites for hydroxylation is 1. The fraction of sp³-hybridized carbons (Fsp3) is 0.200. The molecule has 2 aromatic rings. The molecule has 17 heavy (non-hydrogen) atoms. The number of carbonyl (C=O) groups excluding carboxylic acids is 1. The first-order chi connectivity index (χ1) is 8.08. The Hall–Kier alpha value is -2.44. The molecule has 1 heterocycles. The maximum Gasteiger partial charge on any atom is 0.270 e. The van der Waals surface area contributed by atoms with Gasteiger partial charge in [-0.15, -0.1) is 0 Å². The van der Waals surface area contributed by atoms with Crippen molar-refractivity contribution in [1.29, 1.82) is 0 Å². The van der Waals surface area contributed by atoms with Gasteiger partial charge in [0.15, 0.2) is 0 Å². The maximum atomic E-state index is 10.7. The van der Waals surface area contributed by atoms with E-state index in [-0.39, 0.29) is 12.1 Å². The smallest absolute Gasteiger partial charge is 0.270 e. The molecule has 0 saturated heterocycles. The zero-order valence-electron chi connectivity index (χ0n) is 8.87. The molecule has 0 bridgehead atoms. The second-order valence-corrected chi connectivity index (χ2v) is 3.58. The van der Waals surface area contributed by atoms with E-state index in [9.17, 15) is 14.9 Å². The van der Waals surface area contributed by atoms with Crippen LogP contribution in [0.2, 0.25) is 0 Å². The summed E-state index contributed by atoms with van der Waals surface area (Å²) in [6.07, 6.45) is 1.72. The van der Waals surface area contributed by atoms with Gasteiger partial charge in [0.05, 0.1) is 23.2 Å². The molecule has 0 aliphatic carbocycles. The molecule has 7 heteroatoms. The molecule has 2 rings (SSSR count). The number of amides is 1. The van der Waals surface area contributed by atoms with Crippen molar-refractivity contribution in [3.8, 4) is 0 Å². The third kappa shape index (κ3) is 2.22. The lowest BCUT2D eigenvalue weighted by Crippen LogP contribution is -2.14. The summed E-state index contributed by atoms with van der Waals surface area (Å²) < 4.78 is 1.60. The number of nitrogens with two attached hydrogens (primary N) is 1. The van der Waals surface area contributed by atoms with Crippen LogP contribution in [-0.4, -0.2) is 20.6 Å². The van der Waals surface area contributed by atoms with Crippen molar-refractivity contribution in [3.05, 3.63) is 34.5 Å². The summed E-state index contributed by atoms with van der Waals surface area (Å²) >= 11 is 0. The van der Waals surface area contributed by atoms with E-state index in [1.165, 1.54) is 18.3 Å². The Bertz CT molecular complexity index is 590. The standard InChI is InChI=1S/C10H10N4O3/c11-10(15)3-4-13-9-2-1-8(14(16)17)5-7(9)6-12-13/h1-2,5-6H,3-4H2,(H2,11,15). The third-order valence-corrected chi connectivity index (χ3v) is 2.41. The SMILES string of the molecule is NC(=O)CCn1ncc2cc([N+](=O)[O-])ccc21. The summed E-state index contributed by atoms with van der Waals surface area (Å²) in [6.45, 7) is 0.372. The number of hydrogen-bond donors (Lipinski definition) is 1. The number of primary amides is 1. The molecular formula is C10H10N4O3. The van der Waals surface area contributed by atoms with Crippen molar-refractivity contribution in [2.75, 3.05) is 0 Å². The Morgan fingerprint density at radius 3 is 2.94 bits per heavy atom. The highest BCUT2D eigenvalue weighted by Crippen LogP contribution is 2.20. The van der Waals surface area contributed by atoms with Crippen LogP contribution in [0.25, 0.3) is 10.9 Å². The Labute approximate surface area is 96.0 Å². The van der Waals surface area contributed by atoms with Crippen molar-refractivity contribution in [3.63, 3.8) is 0 Å². The first-order valence-corrected chi connectivity index (χ1v) is 4.96. The summed E-state index contributed by atoms with van der Waals surface area (Å²) in [5.74, 6) is -0.407. The molecule has 1 aromatic heterocycles. The van der Waals surface area contributed by atoms with Crippen LogP contribution >= 0.6 is 0 Å². The topological polar surface area (TPSA) is 104 Å². The average Bonchev–Trinajstić information content (AvgIpc) is 2.68. The van der Waals surface area contributed by atoms with Crippen molar-refractivity contribution >= 4 is 22.5 Å². The second-order valence-electron chi connectivity index (χ2n) is 3.58. The molecule has 0 radical (unpaired) electrons. The van der Waals surface area contributed by atoms with E-state index in [0.29, 0.717) is 11.9 Å². The van der Waals surface area contributed by atoms with Gasteiger partial charge in [-0.2, -0.15) is 5.10 Å². The van der Waals surface area contributed by atoms with Gasteiger partial charge in [0.25, 0.3) is 5.69 Å². The number of carbonyl (C=O) groups is 1. The Morgan fingerprint density at radius 1 is 1.53 bits per heavy atom. The van der Waals surface area contributed by atoms with Gasteiger partial charge in [0.1, 0.15) is 0 Å². The lowest BCUT2D eigenvalue weighted by atomic mass is 10.2. The Balaban J connectivity index is 2.34. The summed E-state index contributed by atoms with van der Waals surface area (Å²) in [6, 6.07) is 4.47. The number of benzene rings is 1. The number of nitro groups is 1. The van der Waals surface area contributed by atoms with Gasteiger partial charge in [0.2, 0.25) is 5.91 Å². The highest BCUT2D eigenvalue weighted by molar-refractivity contribution is 5.81. The first kappa shape index (κ1) is 11.1. The molecule has 0 saturated carbocycles. The van der Waals surface area contributed by atoms with Gasteiger partial charge in [-0.25, -0.2) is 0 Å². The minimum atomic E-state index is -0.458. The number of rotatable bonds is 4. The maximum absolute atomic E-state index is 10.7. The van der Waals surface area contributed by atoms with E-state index in [1.54, 1.807) is 10.7 Å². The minimum Gasteiger partial charge on any atom is -0.370 e. The van der Waals surface area contributed by atoms with Crippen LogP contribution in [0.15, 0.2) is 24.4 Å². The fourth-order valence-corrected chi connectivity index (χ4v) is 1.58. The lowest BCUT2D eigenvalue weighted by molar-refractivity contribution is -0.384. The molecular weight excluding hydrogens is 224 g/mol. The summed E-state index contributed by atoms with van der Waals surface area (Å²) in [4.78, 5) is 20.8. The zero-order chi connectivity index (χ0) is 12.4. The van der Waals surface area contributed by atoms with Crippen LogP contribution in [0.3, 0.4) is 0 Å². The number of hydrogen-bond acceptors (Lipinski definition) is 4. The van der Waals surface area contributed by atoms with Crippen molar-refractivity contribution in [2.24, 2.45) is 5.73 Å². The number of non-ortho nitro benzene ring substituents is 1. The number of nitro benzene ring substituents is 1. The number of fused-ring (bicyclic) bond motifs is 1. The number of aromatic nitrogens is 2. The van der Waals surface area contributed by atoms with Crippen LogP contribution < -0.4 is 5.73 Å². The van der Waals surface area contributed by atoms with Crippen LogP contribution in [0.5, 0.6) is 0 Å². The molecule has 0 spiro atoms. The normalized spacial score (nSPS) is 10.6. The first-order valence-electron chi connectivity index (χ1n) is 4.96. The van der Waals surface area contributed by atoms with Gasteiger partial charge >= 0.3 is 0 Å². The van der Waals surface area contributed by atoms with Gasteiger partial charge in [-0.05, 0) is 6.07 Å². The molecule has 0 atom stereocenters. The molecule has 2 N–H and O–H groups in total. The summed E-state index contributed by atoms with van der Waals surface area (Å²) in [7, 11) is 0. The van der Waals surface area contributed by atoms with Gasteiger partial charge in [0, 0.05) is 23.9 Å². The van der Waals surface area contributed by atoms with E-state index in [1.807, 2.05) is 0 Å². The molecule has 0 aliphatic rings. The summed E-state index contributed by atoms with van der Waals surface area (Å²) in [5, 5.41) is 15.3. The monoisotopic (exact) mass is 234 g/mol. The van der Waals surface area contributed by atoms with Crippen molar-refractivity contribution in [1.82, 2.24) is 9.78 Å². The molecule has 0 unspecified atom stereocenters. The van der Waals surface area contributed by atoms with Crippen molar-refractivity contribution in [2.45, 2.75) is 13.0 Å². The van der Waals surface area contributed by atoms with E-state index in [0.717, 1.165) is 5.52 Å². The van der Waals surface area contributed by atoms with Gasteiger partial charge in [-0.1, -0.05) is 0 Å². The van der Waals surface area contributed by atoms with Crippen LogP contribution in [-0.2, 0) is 11.3 Å². The zero-order valence-corrected chi connectivity index (χ0v) is 8.87. The molecule has 1 amide bonds. The average molecular weight is 234 g/mol. The highest BCUT2D eigenvalue weighted by atomic mass is 16.6. The molecule has 0 aliphatic heterocycles. The predicted octanol–water partition coefficient (Wildman–Crippen LogP) is 0.820. The minimum absolute atomic E-state index is 0.0203. The predicted molar refractivity (Wildman–Crippen MR) is 60.2 cm³/mol. The Kier molecular flexibility index (Phi) is 2.73. The molecule has 1 aromatic carbocycles. The fourth-order valence-electron chi connectivity index (χ4n) is 1.58. The highest BCUT2D eigenvalue weighted by Gasteiger charge is 2.09. The van der Waals surface area contributed by atoms with Crippen LogP contribution in [0.1, 0.15) is 6.42 Å². The van der Waals surface area contributed by atoms with Crippen LogP contribution in [0, 0.1) is 10.1 Å². The van der Waals surface area contributed by atoms with Gasteiger partial charge in [-0.3, -0.25) is 19.6 Å². The van der Waals surface area contributed by atoms with E-state index in [2.05, 4.69) is 5.10 Å². The molecule has 88 valence electrons. The third-order valence-electron chi connectivity index (χ3n) is 2.41. The van der Waals surface area contributed by atoms with E-state index < -0.39 is 10.8 Å². The summed E-state index contributed by atoms with van der Waals surface area (Å²) in [5.41, 5.74) is 5.82. The van der Waals surface area contributed by atoms with E-state index in [4.69, 9.17) is 5.73 Å². The Morgan fingerprint density at radius 2 is 2.29 bits per heavy atom. The van der Waals surface area contributed by atoms with Crippen molar-refractivity contribution < 1.29 is 9.72 Å². The second kappa shape index (κ2) is 4.20.